The molecule has 0 N–H and O–H groups in total. The number of piperidine rings is 1. The summed E-state index contributed by atoms with van der Waals surface area (Å²) in [5.41, 5.74) is 0. The molecule has 0 saturated carbocycles. The Kier molecular flexibility index (Phi) is 7.91. The fraction of sp³-hybridized carbons (Fsp3) is 0.455. The van der Waals surface area contributed by atoms with Crippen LogP contribution in [0.25, 0.3) is 0 Å². The van der Waals surface area contributed by atoms with Crippen molar-refractivity contribution in [1.82, 2.24) is 4.90 Å². The van der Waals surface area contributed by atoms with Crippen LogP contribution >= 0.6 is 0 Å². The molecule has 29 heavy (non-hydrogen) atoms. The molecule has 1 unspecified atom stereocenters. The van der Waals surface area contributed by atoms with Crippen LogP contribution in [0.3, 0.4) is 0 Å². The van der Waals surface area contributed by atoms with Gasteiger partial charge in [-0.15, -0.1) is 0 Å². The molecule has 0 aromatic heterocycles. The van der Waals surface area contributed by atoms with Crippen LogP contribution in [0.1, 0.15) is 25.7 Å². The summed E-state index contributed by atoms with van der Waals surface area (Å²) >= 11 is 0. The maximum atomic E-state index is 12.4. The highest BCUT2D eigenvalue weighted by molar-refractivity contribution is 7.86. The van der Waals surface area contributed by atoms with Crippen LogP contribution in [0.2, 0.25) is 0 Å². The van der Waals surface area contributed by atoms with Crippen molar-refractivity contribution in [3.63, 3.8) is 0 Å². The van der Waals surface area contributed by atoms with E-state index in [1.165, 1.54) is 0 Å². The van der Waals surface area contributed by atoms with Gasteiger partial charge in [-0.1, -0.05) is 30.7 Å². The minimum absolute atomic E-state index is 0.110. The molecule has 0 spiro atoms. The molecule has 7 heteroatoms. The molecule has 0 aliphatic carbocycles. The van der Waals surface area contributed by atoms with Crippen molar-refractivity contribution in [2.45, 2.75) is 36.6 Å². The summed E-state index contributed by atoms with van der Waals surface area (Å²) in [6.45, 7) is 2.59. The summed E-state index contributed by atoms with van der Waals surface area (Å²) in [7, 11) is -2.08. The normalized spacial score (nSPS) is 17.8. The number of hydrogen-bond acceptors (Lipinski definition) is 6. The Balaban J connectivity index is 1.46. The summed E-state index contributed by atoms with van der Waals surface area (Å²) in [6, 6.07) is 16.0. The van der Waals surface area contributed by atoms with Crippen LogP contribution < -0.4 is 9.47 Å². The third-order valence-electron chi connectivity index (χ3n) is 5.10. The zero-order valence-corrected chi connectivity index (χ0v) is 17.6. The largest absolute Gasteiger partial charge is 0.497 e. The first kappa shape index (κ1) is 21.6. The van der Waals surface area contributed by atoms with E-state index in [9.17, 15) is 8.42 Å². The lowest BCUT2D eigenvalue weighted by molar-refractivity contribution is 0.0962. The quantitative estimate of drug-likeness (QED) is 0.432. The Morgan fingerprint density at radius 2 is 1.83 bits per heavy atom. The summed E-state index contributed by atoms with van der Waals surface area (Å²) in [4.78, 5) is 2.52. The first-order valence-electron chi connectivity index (χ1n) is 10.0. The number of ether oxygens (including phenoxy) is 2. The molecular weight excluding hydrogens is 390 g/mol. The number of hydrogen-bond donors (Lipinski definition) is 0. The summed E-state index contributed by atoms with van der Waals surface area (Å²) in [5.74, 6) is 1.56. The van der Waals surface area contributed by atoms with Crippen molar-refractivity contribution < 1.29 is 22.1 Å². The molecule has 158 valence electrons. The van der Waals surface area contributed by atoms with Crippen molar-refractivity contribution >= 4 is 10.1 Å². The van der Waals surface area contributed by atoms with Gasteiger partial charge in [0.1, 0.15) is 11.5 Å². The maximum absolute atomic E-state index is 12.4. The van der Waals surface area contributed by atoms with Gasteiger partial charge in [-0.3, -0.25) is 9.08 Å². The Labute approximate surface area is 173 Å². The lowest BCUT2D eigenvalue weighted by Crippen LogP contribution is -2.43. The van der Waals surface area contributed by atoms with Crippen LogP contribution in [0.5, 0.6) is 11.5 Å². The van der Waals surface area contributed by atoms with Crippen molar-refractivity contribution in [3.05, 3.63) is 54.6 Å². The van der Waals surface area contributed by atoms with Gasteiger partial charge >= 0.3 is 0 Å². The first-order valence-corrected chi connectivity index (χ1v) is 11.4. The Bertz CT molecular complexity index is 857. The van der Waals surface area contributed by atoms with Crippen LogP contribution in [-0.2, 0) is 14.3 Å². The Morgan fingerprint density at radius 1 is 1.03 bits per heavy atom. The van der Waals surface area contributed by atoms with Crippen molar-refractivity contribution in [3.8, 4) is 11.5 Å². The lowest BCUT2D eigenvalue weighted by atomic mass is 10.0. The third-order valence-corrected chi connectivity index (χ3v) is 6.39. The fourth-order valence-corrected chi connectivity index (χ4v) is 4.48. The van der Waals surface area contributed by atoms with Gasteiger partial charge in [0.2, 0.25) is 0 Å². The molecule has 2 aromatic carbocycles. The van der Waals surface area contributed by atoms with Crippen LogP contribution in [-0.4, -0.2) is 52.8 Å². The number of nitrogens with zero attached hydrogens (tertiary/aromatic N) is 1. The van der Waals surface area contributed by atoms with Gasteiger partial charge < -0.3 is 9.47 Å². The van der Waals surface area contributed by atoms with Crippen molar-refractivity contribution in [2.24, 2.45) is 0 Å². The zero-order valence-electron chi connectivity index (χ0n) is 16.8. The zero-order chi connectivity index (χ0) is 20.5. The van der Waals surface area contributed by atoms with Crippen LogP contribution in [0, 0.1) is 0 Å². The molecule has 1 saturated heterocycles. The van der Waals surface area contributed by atoms with E-state index in [0.717, 1.165) is 50.3 Å². The highest BCUT2D eigenvalue weighted by atomic mass is 32.2. The number of methoxy groups -OCH3 is 1. The van der Waals surface area contributed by atoms with E-state index in [4.69, 9.17) is 13.7 Å². The van der Waals surface area contributed by atoms with Crippen molar-refractivity contribution in [2.75, 3.05) is 33.4 Å². The predicted molar refractivity (Wildman–Crippen MR) is 112 cm³/mol. The van der Waals surface area contributed by atoms with Gasteiger partial charge in [0.25, 0.3) is 10.1 Å². The fourth-order valence-electron chi connectivity index (χ4n) is 3.52. The second-order valence-electron chi connectivity index (χ2n) is 7.12. The second kappa shape index (κ2) is 10.6. The van der Waals surface area contributed by atoms with E-state index in [0.29, 0.717) is 6.61 Å². The molecule has 1 heterocycles. The molecular formula is C22H29NO5S. The number of likely N-dealkylation sites (tertiary alicyclic amines) is 1. The smallest absolute Gasteiger partial charge is 0.297 e. The van der Waals surface area contributed by atoms with Gasteiger partial charge in [0.15, 0.2) is 0 Å². The molecule has 0 radical (unpaired) electrons. The van der Waals surface area contributed by atoms with Gasteiger partial charge in [-0.25, -0.2) is 0 Å². The predicted octanol–water partition coefficient (Wildman–Crippen LogP) is 3.72. The molecule has 1 fully saturated rings. The van der Waals surface area contributed by atoms with Gasteiger partial charge in [-0.05, 0) is 50.1 Å². The molecule has 1 aliphatic heterocycles. The molecule has 1 aliphatic rings. The van der Waals surface area contributed by atoms with Crippen LogP contribution in [0.15, 0.2) is 59.5 Å². The molecule has 2 aromatic rings. The molecule has 6 nitrogen and oxygen atoms in total. The van der Waals surface area contributed by atoms with Crippen LogP contribution in [0.4, 0.5) is 0 Å². The van der Waals surface area contributed by atoms with E-state index in [1.54, 1.807) is 37.4 Å². The molecule has 1 atom stereocenters. The first-order chi connectivity index (χ1) is 14.1. The molecule has 0 bridgehead atoms. The standard InChI is InChI=1S/C22H29NO5S/c1-26-20-10-7-11-21(17-20)27-16-8-15-23-14-6-5-9-19(23)18-28-29(24,25)22-12-3-2-4-13-22/h2-4,7,10-13,17,19H,5-6,8-9,14-16,18H2,1H3. The molecule has 0 amide bonds. The average molecular weight is 420 g/mol. The number of rotatable bonds is 10. The Morgan fingerprint density at radius 3 is 2.62 bits per heavy atom. The summed E-state index contributed by atoms with van der Waals surface area (Å²) in [6.07, 6.45) is 4.02. The third kappa shape index (κ3) is 6.45. The average Bonchev–Trinajstić information content (AvgIpc) is 2.77. The van der Waals surface area contributed by atoms with E-state index in [-0.39, 0.29) is 17.5 Å². The van der Waals surface area contributed by atoms with Gasteiger partial charge in [-0.2, -0.15) is 8.42 Å². The highest BCUT2D eigenvalue weighted by Gasteiger charge is 2.25. The maximum Gasteiger partial charge on any atom is 0.297 e. The van der Waals surface area contributed by atoms with E-state index in [2.05, 4.69) is 4.90 Å². The van der Waals surface area contributed by atoms with Gasteiger partial charge in [0, 0.05) is 18.7 Å². The Hall–Kier alpha value is -2.09. The molecule has 3 rings (SSSR count). The van der Waals surface area contributed by atoms with E-state index in [1.807, 2.05) is 24.3 Å². The second-order valence-corrected chi connectivity index (χ2v) is 8.73. The summed E-state index contributed by atoms with van der Waals surface area (Å²) in [5, 5.41) is 0. The SMILES string of the molecule is COc1cccc(OCCCN2CCCCC2COS(=O)(=O)c2ccccc2)c1. The topological polar surface area (TPSA) is 65.1 Å². The minimum atomic E-state index is -3.71. The van der Waals surface area contributed by atoms with Crippen molar-refractivity contribution in [1.29, 1.82) is 0 Å². The highest BCUT2D eigenvalue weighted by Crippen LogP contribution is 2.21. The van der Waals surface area contributed by atoms with E-state index < -0.39 is 10.1 Å². The van der Waals surface area contributed by atoms with E-state index >= 15 is 0 Å². The monoisotopic (exact) mass is 419 g/mol. The summed E-state index contributed by atoms with van der Waals surface area (Å²) < 4.78 is 41.2. The minimum Gasteiger partial charge on any atom is -0.497 e. The number of benzene rings is 2. The lowest BCUT2D eigenvalue weighted by Gasteiger charge is -2.35. The van der Waals surface area contributed by atoms with Gasteiger partial charge in [0.05, 0.1) is 25.2 Å².